The van der Waals surface area contributed by atoms with Crippen molar-refractivity contribution in [3.63, 3.8) is 0 Å². The highest BCUT2D eigenvalue weighted by atomic mass is 35.5. The summed E-state index contributed by atoms with van der Waals surface area (Å²) in [5.74, 6) is 0.178. The zero-order valence-corrected chi connectivity index (χ0v) is 15.5. The number of hydrogen-bond acceptors (Lipinski definition) is 4. The van der Waals surface area contributed by atoms with E-state index in [9.17, 15) is 4.79 Å². The number of aryl methyl sites for hydroxylation is 1. The Hall–Kier alpha value is -2.63. The van der Waals surface area contributed by atoms with Crippen LogP contribution in [0, 0.1) is 6.92 Å². The summed E-state index contributed by atoms with van der Waals surface area (Å²) < 4.78 is 0. The number of amides is 1. The Morgan fingerprint density at radius 2 is 1.85 bits per heavy atom. The van der Waals surface area contributed by atoms with Crippen LogP contribution in [0.1, 0.15) is 21.6 Å². The van der Waals surface area contributed by atoms with E-state index in [4.69, 9.17) is 23.2 Å². The number of benzene rings is 2. The first-order valence-electron chi connectivity index (χ1n) is 7.90. The zero-order chi connectivity index (χ0) is 18.5. The van der Waals surface area contributed by atoms with Crippen LogP contribution >= 0.6 is 23.2 Å². The van der Waals surface area contributed by atoms with Crippen molar-refractivity contribution >= 4 is 40.6 Å². The van der Waals surface area contributed by atoms with E-state index < -0.39 is 0 Å². The summed E-state index contributed by atoms with van der Waals surface area (Å²) >= 11 is 12.1. The summed E-state index contributed by atoms with van der Waals surface area (Å²) in [6.45, 7) is 2.44. The molecule has 1 amide bonds. The molecule has 3 aromatic rings. The molecule has 0 spiro atoms. The van der Waals surface area contributed by atoms with Crippen LogP contribution in [0.25, 0.3) is 0 Å². The third kappa shape index (κ3) is 4.31. The van der Waals surface area contributed by atoms with Gasteiger partial charge in [0.2, 0.25) is 0 Å². The van der Waals surface area contributed by atoms with Gasteiger partial charge in [-0.3, -0.25) is 4.79 Å². The number of halogens is 2. The number of rotatable bonds is 5. The summed E-state index contributed by atoms with van der Waals surface area (Å²) in [5, 5.41) is 6.70. The predicted octanol–water partition coefficient (Wildman–Crippen LogP) is 4.77. The molecular formula is C19H16Cl2N4O. The molecule has 2 N–H and O–H groups in total. The molecule has 7 heteroatoms. The highest BCUT2D eigenvalue weighted by molar-refractivity contribution is 6.43. The van der Waals surface area contributed by atoms with Crippen LogP contribution in [0.2, 0.25) is 10.0 Å². The number of carbonyl (C=O) groups excluding carboxylic acids is 1. The molecule has 0 radical (unpaired) electrons. The number of carbonyl (C=O) groups is 1. The summed E-state index contributed by atoms with van der Waals surface area (Å²) in [6.07, 6.45) is 2.88. The van der Waals surface area contributed by atoms with Crippen LogP contribution in [0.15, 0.2) is 54.9 Å². The van der Waals surface area contributed by atoms with E-state index in [1.807, 2.05) is 31.2 Å². The van der Waals surface area contributed by atoms with Crippen molar-refractivity contribution in [2.45, 2.75) is 13.5 Å². The Balaban J connectivity index is 1.64. The fraction of sp³-hybridized carbons (Fsp3) is 0.105. The van der Waals surface area contributed by atoms with E-state index >= 15 is 0 Å². The van der Waals surface area contributed by atoms with Gasteiger partial charge in [0, 0.05) is 6.54 Å². The zero-order valence-electron chi connectivity index (χ0n) is 14.0. The van der Waals surface area contributed by atoms with Crippen molar-refractivity contribution in [1.82, 2.24) is 15.3 Å². The number of aromatic nitrogens is 2. The lowest BCUT2D eigenvalue weighted by Crippen LogP contribution is -2.24. The molecule has 0 aliphatic heterocycles. The largest absolute Gasteiger partial charge is 0.347 e. The molecule has 0 fully saturated rings. The maximum Gasteiger partial charge on any atom is 0.271 e. The van der Waals surface area contributed by atoms with Crippen LogP contribution in [-0.4, -0.2) is 15.9 Å². The second-order valence-corrected chi connectivity index (χ2v) is 6.41. The van der Waals surface area contributed by atoms with E-state index in [0.717, 1.165) is 11.1 Å². The SMILES string of the molecule is Cc1ccccc1CNC(=O)c1cnc(Nc2cccc(Cl)c2Cl)cn1. The molecule has 0 bridgehead atoms. The topological polar surface area (TPSA) is 66.9 Å². The van der Waals surface area contributed by atoms with Gasteiger partial charge in [-0.2, -0.15) is 0 Å². The average Bonchev–Trinajstić information content (AvgIpc) is 2.65. The highest BCUT2D eigenvalue weighted by Gasteiger charge is 2.10. The molecule has 0 saturated carbocycles. The third-order valence-corrected chi connectivity index (χ3v) is 4.62. The average molecular weight is 387 g/mol. The Morgan fingerprint density at radius 3 is 2.58 bits per heavy atom. The van der Waals surface area contributed by atoms with Gasteiger partial charge >= 0.3 is 0 Å². The van der Waals surface area contributed by atoms with Gasteiger partial charge in [-0.25, -0.2) is 9.97 Å². The maximum absolute atomic E-state index is 12.2. The lowest BCUT2D eigenvalue weighted by molar-refractivity contribution is 0.0945. The van der Waals surface area contributed by atoms with Gasteiger partial charge in [0.15, 0.2) is 0 Å². The summed E-state index contributed by atoms with van der Waals surface area (Å²) in [6, 6.07) is 13.1. The first-order chi connectivity index (χ1) is 12.5. The smallest absolute Gasteiger partial charge is 0.271 e. The van der Waals surface area contributed by atoms with E-state index in [1.54, 1.807) is 18.2 Å². The predicted molar refractivity (Wildman–Crippen MR) is 104 cm³/mol. The summed E-state index contributed by atoms with van der Waals surface area (Å²) in [5.41, 5.74) is 3.03. The Morgan fingerprint density at radius 1 is 1.04 bits per heavy atom. The molecule has 0 aliphatic carbocycles. The number of nitrogens with zero attached hydrogens (tertiary/aromatic N) is 2. The summed E-state index contributed by atoms with van der Waals surface area (Å²) in [7, 11) is 0. The quantitative estimate of drug-likeness (QED) is 0.662. The minimum atomic E-state index is -0.284. The first-order valence-corrected chi connectivity index (χ1v) is 8.66. The van der Waals surface area contributed by atoms with E-state index in [1.165, 1.54) is 12.4 Å². The molecule has 2 aromatic carbocycles. The van der Waals surface area contributed by atoms with Gasteiger partial charge in [-0.15, -0.1) is 0 Å². The van der Waals surface area contributed by atoms with Crippen molar-refractivity contribution in [2.24, 2.45) is 0 Å². The molecule has 1 heterocycles. The standard InChI is InChI=1S/C19H16Cl2N4O/c1-12-5-2-3-6-13(12)9-24-19(26)16-10-23-17(11-22-16)25-15-8-4-7-14(20)18(15)21/h2-8,10-11H,9H2,1H3,(H,23,25)(H,24,26). The van der Waals surface area contributed by atoms with Gasteiger partial charge in [-0.1, -0.05) is 53.5 Å². The number of hydrogen-bond donors (Lipinski definition) is 2. The normalized spacial score (nSPS) is 10.4. The molecule has 0 unspecified atom stereocenters. The minimum absolute atomic E-state index is 0.237. The van der Waals surface area contributed by atoms with Gasteiger partial charge in [0.25, 0.3) is 5.91 Å². The monoisotopic (exact) mass is 386 g/mol. The van der Waals surface area contributed by atoms with Crippen LogP contribution < -0.4 is 10.6 Å². The minimum Gasteiger partial charge on any atom is -0.347 e. The Kier molecular flexibility index (Phi) is 5.71. The first kappa shape index (κ1) is 18.2. The van der Waals surface area contributed by atoms with Crippen molar-refractivity contribution in [1.29, 1.82) is 0 Å². The van der Waals surface area contributed by atoms with E-state index in [0.29, 0.717) is 28.1 Å². The van der Waals surface area contributed by atoms with Crippen LogP contribution in [0.3, 0.4) is 0 Å². The Labute approximate surface area is 161 Å². The van der Waals surface area contributed by atoms with Crippen molar-refractivity contribution < 1.29 is 4.79 Å². The summed E-state index contributed by atoms with van der Waals surface area (Å²) in [4.78, 5) is 20.6. The molecule has 132 valence electrons. The molecule has 26 heavy (non-hydrogen) atoms. The van der Waals surface area contributed by atoms with Crippen molar-refractivity contribution in [3.8, 4) is 0 Å². The number of anilines is 2. The van der Waals surface area contributed by atoms with E-state index in [2.05, 4.69) is 20.6 Å². The lowest BCUT2D eigenvalue weighted by atomic mass is 10.1. The highest BCUT2D eigenvalue weighted by Crippen LogP contribution is 2.31. The van der Waals surface area contributed by atoms with Crippen LogP contribution in [0.4, 0.5) is 11.5 Å². The molecule has 3 rings (SSSR count). The lowest BCUT2D eigenvalue weighted by Gasteiger charge is -2.09. The number of nitrogens with one attached hydrogen (secondary N) is 2. The van der Waals surface area contributed by atoms with Gasteiger partial charge in [0.05, 0.1) is 28.1 Å². The second kappa shape index (κ2) is 8.17. The fourth-order valence-electron chi connectivity index (χ4n) is 2.32. The second-order valence-electron chi connectivity index (χ2n) is 5.62. The third-order valence-electron chi connectivity index (χ3n) is 3.80. The molecular weight excluding hydrogens is 371 g/mol. The maximum atomic E-state index is 12.2. The van der Waals surface area contributed by atoms with Crippen LogP contribution in [-0.2, 0) is 6.54 Å². The molecule has 0 aliphatic rings. The van der Waals surface area contributed by atoms with Gasteiger partial charge in [0.1, 0.15) is 11.5 Å². The Bertz CT molecular complexity index is 929. The van der Waals surface area contributed by atoms with Crippen molar-refractivity contribution in [2.75, 3.05) is 5.32 Å². The molecule has 0 saturated heterocycles. The van der Waals surface area contributed by atoms with Crippen molar-refractivity contribution in [3.05, 3.63) is 81.7 Å². The fourth-order valence-corrected chi connectivity index (χ4v) is 2.67. The molecule has 0 atom stereocenters. The van der Waals surface area contributed by atoms with E-state index in [-0.39, 0.29) is 11.6 Å². The molecule has 5 nitrogen and oxygen atoms in total. The van der Waals surface area contributed by atoms with Crippen LogP contribution in [0.5, 0.6) is 0 Å². The van der Waals surface area contributed by atoms with Gasteiger partial charge < -0.3 is 10.6 Å². The van der Waals surface area contributed by atoms with Gasteiger partial charge in [-0.05, 0) is 30.2 Å². The molecule has 1 aromatic heterocycles.